The van der Waals surface area contributed by atoms with Crippen LogP contribution in [0.25, 0.3) is 0 Å². The maximum absolute atomic E-state index is 12.3. The van der Waals surface area contributed by atoms with Crippen LogP contribution in [0.15, 0.2) is 12.7 Å². The zero-order chi connectivity index (χ0) is 17.1. The second-order valence-electron chi connectivity index (χ2n) is 6.33. The second-order valence-corrected chi connectivity index (χ2v) is 6.33. The van der Waals surface area contributed by atoms with Gasteiger partial charge in [-0.1, -0.05) is 13.0 Å². The molecule has 0 radical (unpaired) electrons. The van der Waals surface area contributed by atoms with Crippen molar-refractivity contribution in [1.82, 2.24) is 4.90 Å². The minimum Gasteiger partial charge on any atom is -0.453 e. The Kier molecular flexibility index (Phi) is 9.96. The summed E-state index contributed by atoms with van der Waals surface area (Å²) in [5.41, 5.74) is 0. The molecule has 5 heteroatoms. The van der Waals surface area contributed by atoms with E-state index in [2.05, 4.69) is 13.5 Å². The van der Waals surface area contributed by atoms with E-state index in [0.717, 1.165) is 44.9 Å². The highest BCUT2D eigenvalue weighted by atomic mass is 16.7. The number of piperidine rings is 1. The molecule has 1 rings (SSSR count). The van der Waals surface area contributed by atoms with E-state index >= 15 is 0 Å². The van der Waals surface area contributed by atoms with Gasteiger partial charge in [-0.05, 0) is 50.9 Å². The third-order valence-corrected chi connectivity index (χ3v) is 4.68. The van der Waals surface area contributed by atoms with Crippen LogP contribution in [0, 0.1) is 5.92 Å². The number of nitrogens with zero attached hydrogens (tertiary/aromatic N) is 1. The molecule has 1 fully saturated rings. The van der Waals surface area contributed by atoms with Gasteiger partial charge in [0.05, 0.1) is 7.11 Å². The average Bonchev–Trinajstić information content (AvgIpc) is 2.56. The fourth-order valence-corrected chi connectivity index (χ4v) is 3.46. The van der Waals surface area contributed by atoms with Crippen LogP contribution < -0.4 is 0 Å². The summed E-state index contributed by atoms with van der Waals surface area (Å²) in [4.78, 5) is 14.3. The maximum atomic E-state index is 12.3. The number of ether oxygens (including phenoxy) is 3. The van der Waals surface area contributed by atoms with E-state index in [4.69, 9.17) is 14.2 Å². The predicted molar refractivity (Wildman–Crippen MR) is 91.3 cm³/mol. The summed E-state index contributed by atoms with van der Waals surface area (Å²) in [6, 6.07) is 0.513. The van der Waals surface area contributed by atoms with Crippen molar-refractivity contribution in [1.29, 1.82) is 0 Å². The molecule has 0 saturated carbocycles. The number of carbonyl (C=O) groups is 1. The second kappa shape index (κ2) is 11.5. The number of hydrogen-bond acceptors (Lipinski definition) is 4. The van der Waals surface area contributed by atoms with Crippen molar-refractivity contribution in [3.05, 3.63) is 12.7 Å². The first kappa shape index (κ1) is 20.0. The van der Waals surface area contributed by atoms with Gasteiger partial charge in [0.2, 0.25) is 0 Å². The van der Waals surface area contributed by atoms with Crippen molar-refractivity contribution >= 4 is 6.09 Å². The molecular formula is C18H33NO4. The molecule has 0 aliphatic carbocycles. The fourth-order valence-electron chi connectivity index (χ4n) is 3.46. The largest absolute Gasteiger partial charge is 0.453 e. The van der Waals surface area contributed by atoms with E-state index in [9.17, 15) is 4.79 Å². The SMILES string of the molecule is C=CCCC[C@@H]1CC[C@@H](C)[C@H](CCCOCOC)N1C(=O)OC. The topological polar surface area (TPSA) is 48.0 Å². The van der Waals surface area contributed by atoms with Gasteiger partial charge in [0.25, 0.3) is 0 Å². The van der Waals surface area contributed by atoms with Crippen LogP contribution in [0.4, 0.5) is 4.79 Å². The molecule has 3 atom stereocenters. The lowest BCUT2D eigenvalue weighted by Gasteiger charge is -2.45. The summed E-state index contributed by atoms with van der Waals surface area (Å²) in [5, 5.41) is 0. The van der Waals surface area contributed by atoms with Crippen LogP contribution >= 0.6 is 0 Å². The molecule has 0 aromatic rings. The smallest absolute Gasteiger partial charge is 0.409 e. The van der Waals surface area contributed by atoms with Crippen LogP contribution in [0.1, 0.15) is 51.9 Å². The third-order valence-electron chi connectivity index (χ3n) is 4.68. The molecule has 1 aliphatic rings. The number of methoxy groups -OCH3 is 2. The van der Waals surface area contributed by atoms with E-state index in [1.807, 2.05) is 11.0 Å². The van der Waals surface area contributed by atoms with Crippen LogP contribution in [0.2, 0.25) is 0 Å². The Balaban J connectivity index is 2.63. The first-order chi connectivity index (χ1) is 11.2. The molecule has 0 bridgehead atoms. The molecule has 0 N–H and O–H groups in total. The van der Waals surface area contributed by atoms with Crippen LogP contribution in [-0.4, -0.2) is 50.7 Å². The number of hydrogen-bond donors (Lipinski definition) is 0. The predicted octanol–water partition coefficient (Wildman–Crippen LogP) is 3.98. The Hall–Kier alpha value is -1.07. The standard InChI is InChI=1S/C18H33NO4/c1-5-6-7-9-16-12-11-15(2)17(19(16)18(20)22-4)10-8-13-23-14-21-3/h5,15-17H,1,6-14H2,2-4H3/t15-,16-,17+/m1/s1. The van der Waals surface area contributed by atoms with Gasteiger partial charge < -0.3 is 19.1 Å². The minimum atomic E-state index is -0.192. The molecular weight excluding hydrogens is 294 g/mol. The monoisotopic (exact) mass is 327 g/mol. The van der Waals surface area contributed by atoms with E-state index in [-0.39, 0.29) is 18.2 Å². The minimum absolute atomic E-state index is 0.192. The molecule has 0 aromatic carbocycles. The third kappa shape index (κ3) is 6.51. The highest BCUT2D eigenvalue weighted by Crippen LogP contribution is 2.33. The molecule has 1 saturated heterocycles. The zero-order valence-electron chi connectivity index (χ0n) is 15.0. The van der Waals surface area contributed by atoms with E-state index in [0.29, 0.717) is 19.3 Å². The van der Waals surface area contributed by atoms with Gasteiger partial charge in [0.1, 0.15) is 6.79 Å². The van der Waals surface area contributed by atoms with Gasteiger partial charge >= 0.3 is 6.09 Å². The van der Waals surface area contributed by atoms with Crippen molar-refractivity contribution in [2.75, 3.05) is 27.6 Å². The van der Waals surface area contributed by atoms with Gasteiger partial charge in [-0.15, -0.1) is 6.58 Å². The Morgan fingerprint density at radius 3 is 2.70 bits per heavy atom. The summed E-state index contributed by atoms with van der Waals surface area (Å²) >= 11 is 0. The Morgan fingerprint density at radius 1 is 1.26 bits per heavy atom. The van der Waals surface area contributed by atoms with Gasteiger partial charge in [-0.3, -0.25) is 0 Å². The summed E-state index contributed by atoms with van der Waals surface area (Å²) in [5.74, 6) is 0.493. The quantitative estimate of drug-likeness (QED) is 0.346. The molecule has 134 valence electrons. The highest BCUT2D eigenvalue weighted by molar-refractivity contribution is 5.68. The van der Waals surface area contributed by atoms with E-state index in [1.54, 1.807) is 7.11 Å². The molecule has 5 nitrogen and oxygen atoms in total. The van der Waals surface area contributed by atoms with Crippen LogP contribution in [0.3, 0.4) is 0 Å². The van der Waals surface area contributed by atoms with Crippen molar-refractivity contribution in [2.24, 2.45) is 5.92 Å². The van der Waals surface area contributed by atoms with Gasteiger partial charge in [0.15, 0.2) is 0 Å². The molecule has 0 spiro atoms. The Bertz CT molecular complexity index is 348. The lowest BCUT2D eigenvalue weighted by molar-refractivity contribution is -0.0355. The Labute approximate surface area is 141 Å². The molecule has 23 heavy (non-hydrogen) atoms. The maximum Gasteiger partial charge on any atom is 0.409 e. The van der Waals surface area contributed by atoms with Gasteiger partial charge in [0, 0.05) is 25.8 Å². The van der Waals surface area contributed by atoms with Gasteiger partial charge in [-0.2, -0.15) is 0 Å². The summed E-state index contributed by atoms with van der Waals surface area (Å²) in [7, 11) is 3.09. The Morgan fingerprint density at radius 2 is 2.04 bits per heavy atom. The van der Waals surface area contributed by atoms with Gasteiger partial charge in [-0.25, -0.2) is 4.79 Å². The molecule has 1 amide bonds. The molecule has 1 heterocycles. The summed E-state index contributed by atoms with van der Waals surface area (Å²) in [6.07, 6.45) is 8.92. The molecule has 1 aliphatic heterocycles. The number of amides is 1. The number of likely N-dealkylation sites (tertiary alicyclic amines) is 1. The van der Waals surface area contributed by atoms with E-state index < -0.39 is 0 Å². The fraction of sp³-hybridized carbons (Fsp3) is 0.833. The van der Waals surface area contributed by atoms with Crippen molar-refractivity contribution in [3.63, 3.8) is 0 Å². The van der Waals surface area contributed by atoms with E-state index in [1.165, 1.54) is 7.11 Å². The van der Waals surface area contributed by atoms with Crippen molar-refractivity contribution in [2.45, 2.75) is 64.0 Å². The first-order valence-corrected chi connectivity index (χ1v) is 8.69. The molecule has 0 unspecified atom stereocenters. The normalized spacial score (nSPS) is 24.5. The number of unbranched alkanes of at least 4 members (excludes halogenated alkanes) is 1. The summed E-state index contributed by atoms with van der Waals surface area (Å²) < 4.78 is 15.3. The van der Waals surface area contributed by atoms with Crippen molar-refractivity contribution < 1.29 is 19.0 Å². The van der Waals surface area contributed by atoms with Crippen molar-refractivity contribution in [3.8, 4) is 0 Å². The zero-order valence-corrected chi connectivity index (χ0v) is 15.0. The summed E-state index contributed by atoms with van der Waals surface area (Å²) in [6.45, 7) is 6.99. The molecule has 0 aromatic heterocycles. The highest BCUT2D eigenvalue weighted by Gasteiger charge is 2.38. The average molecular weight is 327 g/mol. The van der Waals surface area contributed by atoms with Crippen LogP contribution in [0.5, 0.6) is 0 Å². The lowest BCUT2D eigenvalue weighted by atomic mass is 9.83. The number of allylic oxidation sites excluding steroid dienone is 1. The number of rotatable bonds is 10. The first-order valence-electron chi connectivity index (χ1n) is 8.69. The number of carbonyl (C=O) groups excluding carboxylic acids is 1. The van der Waals surface area contributed by atoms with Crippen LogP contribution in [-0.2, 0) is 14.2 Å². The lowest BCUT2D eigenvalue weighted by Crippen LogP contribution is -2.53.